The molecule has 0 atom stereocenters. The summed E-state index contributed by atoms with van der Waals surface area (Å²) in [6, 6.07) is 13.8. The van der Waals surface area contributed by atoms with Gasteiger partial charge in [0.2, 0.25) is 0 Å². The van der Waals surface area contributed by atoms with E-state index in [0.29, 0.717) is 17.0 Å². The number of halogens is 1. The van der Waals surface area contributed by atoms with Crippen LogP contribution in [0.15, 0.2) is 52.9 Å². The number of carboxylic acids is 1. The van der Waals surface area contributed by atoms with E-state index in [1.165, 1.54) is 0 Å². The highest BCUT2D eigenvalue weighted by Crippen LogP contribution is 2.34. The predicted octanol–water partition coefficient (Wildman–Crippen LogP) is 4.97. The molecule has 1 aliphatic heterocycles. The quantitative estimate of drug-likeness (QED) is 0.849. The van der Waals surface area contributed by atoms with Crippen molar-refractivity contribution >= 4 is 35.4 Å². The summed E-state index contributed by atoms with van der Waals surface area (Å²) in [7, 11) is 0. The third-order valence-electron chi connectivity index (χ3n) is 3.42. The largest absolute Gasteiger partial charge is 0.478 e. The molecule has 0 saturated heterocycles. The first-order valence-electron chi connectivity index (χ1n) is 6.60. The molecule has 106 valence electrons. The highest BCUT2D eigenvalue weighted by molar-refractivity contribution is 7.99. The lowest BCUT2D eigenvalue weighted by atomic mass is 10.0. The number of rotatable bonds is 2. The number of carboxylic acid groups (broad SMARTS) is 1. The monoisotopic (exact) mass is 316 g/mol. The molecule has 0 bridgehead atoms. The number of hydrogen-bond acceptors (Lipinski definition) is 2. The molecule has 0 fully saturated rings. The molecule has 4 heteroatoms. The molecule has 2 aromatic rings. The third-order valence-corrected chi connectivity index (χ3v) is 4.76. The van der Waals surface area contributed by atoms with Gasteiger partial charge in [-0.25, -0.2) is 4.79 Å². The van der Waals surface area contributed by atoms with Crippen molar-refractivity contribution in [2.24, 2.45) is 0 Å². The van der Waals surface area contributed by atoms with Crippen molar-refractivity contribution in [3.05, 3.63) is 58.6 Å². The van der Waals surface area contributed by atoms with E-state index in [0.717, 1.165) is 27.3 Å². The standard InChI is InChI=1S/C17H13ClO2S/c18-15-4-1-11(2-5-15)12-3-6-16-14(9-12)10-13(17(19)20)7-8-21-16/h1-6,9-10H,7-8H2,(H,19,20). The van der Waals surface area contributed by atoms with Crippen LogP contribution in [0.3, 0.4) is 0 Å². The zero-order chi connectivity index (χ0) is 14.8. The Morgan fingerprint density at radius 1 is 1.10 bits per heavy atom. The zero-order valence-corrected chi connectivity index (χ0v) is 12.7. The molecule has 21 heavy (non-hydrogen) atoms. The molecule has 3 rings (SSSR count). The van der Waals surface area contributed by atoms with E-state index in [-0.39, 0.29) is 0 Å². The van der Waals surface area contributed by atoms with Gasteiger partial charge < -0.3 is 5.11 Å². The molecule has 0 saturated carbocycles. The fourth-order valence-corrected chi connectivity index (χ4v) is 3.43. The van der Waals surface area contributed by atoms with Crippen LogP contribution in [-0.2, 0) is 4.79 Å². The van der Waals surface area contributed by atoms with Crippen molar-refractivity contribution in [3.8, 4) is 11.1 Å². The van der Waals surface area contributed by atoms with Gasteiger partial charge in [0.05, 0.1) is 0 Å². The molecule has 0 radical (unpaired) electrons. The number of fused-ring (bicyclic) bond motifs is 1. The first kappa shape index (κ1) is 14.2. The summed E-state index contributed by atoms with van der Waals surface area (Å²) >= 11 is 7.61. The Bertz CT molecular complexity index is 720. The van der Waals surface area contributed by atoms with Crippen molar-refractivity contribution < 1.29 is 9.90 Å². The van der Waals surface area contributed by atoms with Gasteiger partial charge in [0.1, 0.15) is 0 Å². The van der Waals surface area contributed by atoms with Crippen LogP contribution < -0.4 is 0 Å². The Balaban J connectivity index is 2.05. The molecule has 0 aromatic heterocycles. The normalized spacial score (nSPS) is 14.0. The van der Waals surface area contributed by atoms with Gasteiger partial charge >= 0.3 is 5.97 Å². The molecular weight excluding hydrogens is 304 g/mol. The minimum atomic E-state index is -0.833. The van der Waals surface area contributed by atoms with Crippen LogP contribution in [0.2, 0.25) is 5.02 Å². The number of carbonyl (C=O) groups is 1. The second kappa shape index (κ2) is 5.96. The van der Waals surface area contributed by atoms with Crippen LogP contribution in [0.1, 0.15) is 12.0 Å². The Labute approximate surface area is 132 Å². The first-order valence-corrected chi connectivity index (χ1v) is 7.96. The van der Waals surface area contributed by atoms with Gasteiger partial charge in [0.15, 0.2) is 0 Å². The van der Waals surface area contributed by atoms with E-state index in [2.05, 4.69) is 12.1 Å². The molecule has 1 N–H and O–H groups in total. The zero-order valence-electron chi connectivity index (χ0n) is 11.2. The fraction of sp³-hybridized carbons (Fsp3) is 0.118. The number of aliphatic carboxylic acids is 1. The maximum atomic E-state index is 11.2. The Kier molecular flexibility index (Phi) is 4.04. The van der Waals surface area contributed by atoms with Crippen molar-refractivity contribution in [1.29, 1.82) is 0 Å². The van der Waals surface area contributed by atoms with E-state index in [1.807, 2.05) is 30.3 Å². The van der Waals surface area contributed by atoms with Gasteiger partial charge in [0, 0.05) is 21.2 Å². The second-order valence-corrected chi connectivity index (χ2v) is 6.41. The minimum absolute atomic E-state index is 0.467. The van der Waals surface area contributed by atoms with Crippen LogP contribution in [0, 0.1) is 0 Å². The number of hydrogen-bond donors (Lipinski definition) is 1. The van der Waals surface area contributed by atoms with Gasteiger partial charge in [0.25, 0.3) is 0 Å². The van der Waals surface area contributed by atoms with Gasteiger partial charge in [-0.1, -0.05) is 29.8 Å². The average Bonchev–Trinajstić information content (AvgIpc) is 2.69. The van der Waals surface area contributed by atoms with Crippen molar-refractivity contribution in [2.45, 2.75) is 11.3 Å². The third kappa shape index (κ3) is 3.14. The topological polar surface area (TPSA) is 37.3 Å². The predicted molar refractivity (Wildman–Crippen MR) is 87.8 cm³/mol. The fourth-order valence-electron chi connectivity index (χ4n) is 2.31. The second-order valence-electron chi connectivity index (χ2n) is 4.83. The van der Waals surface area contributed by atoms with Crippen LogP contribution in [-0.4, -0.2) is 16.8 Å². The lowest BCUT2D eigenvalue weighted by Gasteiger charge is -2.07. The van der Waals surface area contributed by atoms with Crippen LogP contribution >= 0.6 is 23.4 Å². The van der Waals surface area contributed by atoms with Crippen molar-refractivity contribution in [3.63, 3.8) is 0 Å². The average molecular weight is 317 g/mol. The smallest absolute Gasteiger partial charge is 0.331 e. The summed E-state index contributed by atoms with van der Waals surface area (Å²) in [5, 5.41) is 9.92. The van der Waals surface area contributed by atoms with E-state index >= 15 is 0 Å². The van der Waals surface area contributed by atoms with Gasteiger partial charge in [-0.2, -0.15) is 0 Å². The van der Waals surface area contributed by atoms with Crippen molar-refractivity contribution in [2.75, 3.05) is 5.75 Å². The summed E-state index contributed by atoms with van der Waals surface area (Å²) in [5.41, 5.74) is 3.58. The molecule has 0 unspecified atom stereocenters. The summed E-state index contributed by atoms with van der Waals surface area (Å²) in [4.78, 5) is 12.3. The maximum absolute atomic E-state index is 11.2. The van der Waals surface area contributed by atoms with Crippen LogP contribution in [0.25, 0.3) is 17.2 Å². The Hall–Kier alpha value is -1.71. The van der Waals surface area contributed by atoms with E-state index < -0.39 is 5.97 Å². The minimum Gasteiger partial charge on any atom is -0.478 e. The van der Waals surface area contributed by atoms with Gasteiger partial charge in [-0.05, 0) is 53.5 Å². The maximum Gasteiger partial charge on any atom is 0.331 e. The number of thioether (sulfide) groups is 1. The molecule has 1 aliphatic rings. The first-order chi connectivity index (χ1) is 10.1. The molecule has 0 aliphatic carbocycles. The van der Waals surface area contributed by atoms with E-state index in [1.54, 1.807) is 17.8 Å². The van der Waals surface area contributed by atoms with Crippen LogP contribution in [0.5, 0.6) is 0 Å². The molecule has 0 amide bonds. The molecule has 2 aromatic carbocycles. The molecular formula is C17H13ClO2S. The van der Waals surface area contributed by atoms with Gasteiger partial charge in [-0.3, -0.25) is 0 Å². The highest BCUT2D eigenvalue weighted by Gasteiger charge is 2.14. The molecule has 1 heterocycles. The number of benzene rings is 2. The molecule has 0 spiro atoms. The summed E-state index contributed by atoms with van der Waals surface area (Å²) < 4.78 is 0. The van der Waals surface area contributed by atoms with E-state index in [9.17, 15) is 9.90 Å². The van der Waals surface area contributed by atoms with Crippen LogP contribution in [0.4, 0.5) is 0 Å². The van der Waals surface area contributed by atoms with E-state index in [4.69, 9.17) is 11.6 Å². The summed E-state index contributed by atoms with van der Waals surface area (Å²) in [6.07, 6.45) is 2.38. The summed E-state index contributed by atoms with van der Waals surface area (Å²) in [6.45, 7) is 0. The SMILES string of the molecule is O=C(O)C1=Cc2cc(-c3ccc(Cl)cc3)ccc2SCC1. The Morgan fingerprint density at radius 3 is 2.52 bits per heavy atom. The van der Waals surface area contributed by atoms with Crippen molar-refractivity contribution in [1.82, 2.24) is 0 Å². The lowest BCUT2D eigenvalue weighted by molar-refractivity contribution is -0.132. The highest BCUT2D eigenvalue weighted by atomic mass is 35.5. The summed E-state index contributed by atoms with van der Waals surface area (Å²) in [5.74, 6) is -0.0360. The lowest BCUT2D eigenvalue weighted by Crippen LogP contribution is -2.00. The Morgan fingerprint density at radius 2 is 1.81 bits per heavy atom. The molecule has 2 nitrogen and oxygen atoms in total. The van der Waals surface area contributed by atoms with Gasteiger partial charge in [-0.15, -0.1) is 11.8 Å².